The van der Waals surface area contributed by atoms with E-state index in [1.54, 1.807) is 0 Å². The topological polar surface area (TPSA) is 49.3 Å². The van der Waals surface area contributed by atoms with E-state index >= 15 is 0 Å². The van der Waals surface area contributed by atoms with Gasteiger partial charge in [0.15, 0.2) is 5.96 Å². The van der Waals surface area contributed by atoms with Gasteiger partial charge in [0.2, 0.25) is 0 Å². The normalized spacial score (nSPS) is 24.3. The minimum Gasteiger partial charge on any atom is -0.493 e. The number of hydrogen-bond donors (Lipinski definition) is 1. The first-order valence-corrected chi connectivity index (χ1v) is 10.3. The standard InChI is InChI=1S/C21H32N4O2/c1-22-21(25-9-8-19(15-25)24-10-12-26-13-11-24)23-14-18-4-2-3-5-20(18)27-16-17-6-7-17/h2-5,17,19H,6-16H2,1H3,(H,22,23). The fraction of sp³-hybridized carbons (Fsp3) is 0.667. The maximum absolute atomic E-state index is 6.04. The van der Waals surface area contributed by atoms with Crippen molar-refractivity contribution in [2.75, 3.05) is 53.0 Å². The summed E-state index contributed by atoms with van der Waals surface area (Å²) in [6.45, 7) is 7.51. The van der Waals surface area contributed by atoms with Crippen molar-refractivity contribution in [3.05, 3.63) is 29.8 Å². The molecule has 3 aliphatic rings. The van der Waals surface area contributed by atoms with E-state index < -0.39 is 0 Å². The number of nitrogens with one attached hydrogen (secondary N) is 1. The lowest BCUT2D eigenvalue weighted by Gasteiger charge is -2.32. The van der Waals surface area contributed by atoms with Crippen molar-refractivity contribution in [3.8, 4) is 5.75 Å². The number of morpholine rings is 1. The first-order chi connectivity index (χ1) is 13.3. The van der Waals surface area contributed by atoms with Crippen LogP contribution in [-0.4, -0.2) is 74.8 Å². The largest absolute Gasteiger partial charge is 0.493 e. The van der Waals surface area contributed by atoms with Gasteiger partial charge in [-0.25, -0.2) is 0 Å². The maximum atomic E-state index is 6.04. The Labute approximate surface area is 162 Å². The molecule has 27 heavy (non-hydrogen) atoms. The lowest BCUT2D eigenvalue weighted by Crippen LogP contribution is -2.46. The van der Waals surface area contributed by atoms with Gasteiger partial charge in [0.1, 0.15) is 5.75 Å². The van der Waals surface area contributed by atoms with Crippen LogP contribution in [0.15, 0.2) is 29.3 Å². The van der Waals surface area contributed by atoms with Gasteiger partial charge in [-0.05, 0) is 31.2 Å². The molecule has 0 bridgehead atoms. The fourth-order valence-corrected chi connectivity index (χ4v) is 3.96. The zero-order chi connectivity index (χ0) is 18.5. The second-order valence-electron chi connectivity index (χ2n) is 7.80. The van der Waals surface area contributed by atoms with E-state index in [0.717, 1.165) is 70.2 Å². The Hall–Kier alpha value is -1.79. The summed E-state index contributed by atoms with van der Waals surface area (Å²) in [5, 5.41) is 3.55. The molecular formula is C21H32N4O2. The van der Waals surface area contributed by atoms with Crippen molar-refractivity contribution >= 4 is 5.96 Å². The van der Waals surface area contributed by atoms with E-state index in [4.69, 9.17) is 9.47 Å². The van der Waals surface area contributed by atoms with Crippen LogP contribution in [0.25, 0.3) is 0 Å². The molecule has 0 amide bonds. The molecule has 2 aliphatic heterocycles. The Morgan fingerprint density at radius 1 is 1.19 bits per heavy atom. The smallest absolute Gasteiger partial charge is 0.193 e. The van der Waals surface area contributed by atoms with Gasteiger partial charge in [-0.15, -0.1) is 0 Å². The van der Waals surface area contributed by atoms with E-state index in [0.29, 0.717) is 6.04 Å². The molecule has 148 valence electrons. The van der Waals surface area contributed by atoms with E-state index in [1.165, 1.54) is 24.8 Å². The van der Waals surface area contributed by atoms with Crippen molar-refractivity contribution in [2.45, 2.75) is 31.8 Å². The molecule has 1 unspecified atom stereocenters. The average Bonchev–Trinajstić information content (AvgIpc) is 3.43. The molecule has 0 radical (unpaired) electrons. The Bertz CT molecular complexity index is 641. The summed E-state index contributed by atoms with van der Waals surface area (Å²) >= 11 is 0. The molecule has 4 rings (SSSR count). The van der Waals surface area contributed by atoms with Gasteiger partial charge in [0.05, 0.1) is 19.8 Å². The molecule has 6 nitrogen and oxygen atoms in total. The minimum atomic E-state index is 0.613. The molecule has 1 aromatic carbocycles. The molecule has 0 aromatic heterocycles. The number of benzene rings is 1. The number of likely N-dealkylation sites (tertiary alicyclic amines) is 1. The lowest BCUT2D eigenvalue weighted by atomic mass is 10.2. The molecule has 6 heteroatoms. The number of rotatable bonds is 6. The van der Waals surface area contributed by atoms with Gasteiger partial charge in [0, 0.05) is 51.4 Å². The molecule has 2 saturated heterocycles. The third-order valence-corrected chi connectivity index (χ3v) is 5.82. The summed E-state index contributed by atoms with van der Waals surface area (Å²) < 4.78 is 11.5. The van der Waals surface area contributed by atoms with Crippen LogP contribution >= 0.6 is 0 Å². The van der Waals surface area contributed by atoms with Gasteiger partial charge in [-0.2, -0.15) is 0 Å². The van der Waals surface area contributed by atoms with Crippen LogP contribution in [-0.2, 0) is 11.3 Å². The number of hydrogen-bond acceptors (Lipinski definition) is 4. The number of para-hydroxylation sites is 1. The van der Waals surface area contributed by atoms with Crippen LogP contribution in [0.3, 0.4) is 0 Å². The summed E-state index contributed by atoms with van der Waals surface area (Å²) in [6, 6.07) is 8.96. The molecule has 1 atom stereocenters. The molecular weight excluding hydrogens is 340 g/mol. The predicted octanol–water partition coefficient (Wildman–Crippen LogP) is 1.96. The third-order valence-electron chi connectivity index (χ3n) is 5.82. The van der Waals surface area contributed by atoms with Gasteiger partial charge in [-0.3, -0.25) is 9.89 Å². The van der Waals surface area contributed by atoms with E-state index in [9.17, 15) is 0 Å². The van der Waals surface area contributed by atoms with E-state index in [2.05, 4.69) is 38.3 Å². The van der Waals surface area contributed by atoms with Crippen molar-refractivity contribution in [1.82, 2.24) is 15.1 Å². The van der Waals surface area contributed by atoms with E-state index in [1.807, 2.05) is 13.1 Å². The number of guanidine groups is 1. The molecule has 1 saturated carbocycles. The van der Waals surface area contributed by atoms with Crippen LogP contribution in [0.2, 0.25) is 0 Å². The zero-order valence-electron chi connectivity index (χ0n) is 16.4. The number of aliphatic imine (C=N–C) groups is 1. The van der Waals surface area contributed by atoms with Crippen LogP contribution in [0.5, 0.6) is 5.75 Å². The fourth-order valence-electron chi connectivity index (χ4n) is 3.96. The first kappa shape index (κ1) is 18.6. The summed E-state index contributed by atoms with van der Waals surface area (Å²) in [6.07, 6.45) is 3.82. The summed E-state index contributed by atoms with van der Waals surface area (Å²) in [5.41, 5.74) is 1.20. The van der Waals surface area contributed by atoms with Gasteiger partial charge in [-0.1, -0.05) is 18.2 Å². The highest BCUT2D eigenvalue weighted by Gasteiger charge is 2.30. The number of ether oxygens (including phenoxy) is 2. The molecule has 3 fully saturated rings. The predicted molar refractivity (Wildman–Crippen MR) is 107 cm³/mol. The number of nitrogens with zero attached hydrogens (tertiary/aromatic N) is 3. The van der Waals surface area contributed by atoms with Crippen LogP contribution in [0, 0.1) is 5.92 Å². The Morgan fingerprint density at radius 3 is 2.78 bits per heavy atom. The van der Waals surface area contributed by atoms with Crippen molar-refractivity contribution in [3.63, 3.8) is 0 Å². The monoisotopic (exact) mass is 372 g/mol. The zero-order valence-corrected chi connectivity index (χ0v) is 16.4. The van der Waals surface area contributed by atoms with Crippen LogP contribution < -0.4 is 10.1 Å². The molecule has 0 spiro atoms. The van der Waals surface area contributed by atoms with Crippen LogP contribution in [0.4, 0.5) is 0 Å². The van der Waals surface area contributed by atoms with E-state index in [-0.39, 0.29) is 0 Å². The first-order valence-electron chi connectivity index (χ1n) is 10.3. The summed E-state index contributed by atoms with van der Waals surface area (Å²) in [4.78, 5) is 9.48. The van der Waals surface area contributed by atoms with Gasteiger partial charge < -0.3 is 19.7 Å². The molecule has 1 aliphatic carbocycles. The Kier molecular flexibility index (Phi) is 6.14. The van der Waals surface area contributed by atoms with Crippen molar-refractivity contribution in [1.29, 1.82) is 0 Å². The SMILES string of the molecule is CN=C(NCc1ccccc1OCC1CC1)N1CCC(N2CCOCC2)C1. The average molecular weight is 373 g/mol. The molecule has 1 aromatic rings. The van der Waals surface area contributed by atoms with Crippen molar-refractivity contribution < 1.29 is 9.47 Å². The van der Waals surface area contributed by atoms with Gasteiger partial charge in [0.25, 0.3) is 0 Å². The maximum Gasteiger partial charge on any atom is 0.193 e. The quantitative estimate of drug-likeness (QED) is 0.611. The second kappa shape index (κ2) is 8.93. The lowest BCUT2D eigenvalue weighted by molar-refractivity contribution is 0.0195. The summed E-state index contributed by atoms with van der Waals surface area (Å²) in [7, 11) is 1.87. The highest BCUT2D eigenvalue weighted by atomic mass is 16.5. The Balaban J connectivity index is 1.30. The Morgan fingerprint density at radius 2 is 2.00 bits per heavy atom. The van der Waals surface area contributed by atoms with Crippen LogP contribution in [0.1, 0.15) is 24.8 Å². The molecule has 1 N–H and O–H groups in total. The molecule has 2 heterocycles. The summed E-state index contributed by atoms with van der Waals surface area (Å²) in [5.74, 6) is 2.75. The second-order valence-corrected chi connectivity index (χ2v) is 7.80. The van der Waals surface area contributed by atoms with Crippen molar-refractivity contribution in [2.24, 2.45) is 10.9 Å². The highest BCUT2D eigenvalue weighted by molar-refractivity contribution is 5.80. The van der Waals surface area contributed by atoms with Gasteiger partial charge >= 0.3 is 0 Å². The third kappa shape index (κ3) is 4.93. The minimum absolute atomic E-state index is 0.613. The highest BCUT2D eigenvalue weighted by Crippen LogP contribution is 2.30.